The largest absolute Gasteiger partial charge is 0.438 e. The molecule has 1 heterocycles. The fraction of sp³-hybridized carbons (Fsp3) is 0.308. The molecule has 1 aromatic rings. The van der Waals surface area contributed by atoms with Crippen molar-refractivity contribution >= 4 is 22.0 Å². The average Bonchev–Trinajstić information content (AvgIpc) is 2.86. The zero-order valence-electron chi connectivity index (χ0n) is 11.9. The lowest BCUT2D eigenvalue weighted by atomic mass is 10.3. The van der Waals surface area contributed by atoms with E-state index in [0.29, 0.717) is 0 Å². The molecule has 21 heavy (non-hydrogen) atoms. The second kappa shape index (κ2) is 8.40. The number of likely N-dealkylation sites (N-methyl/N-ethyl adjacent to an activating group) is 1. The molecule has 0 saturated heterocycles. The topological polar surface area (TPSA) is 87.9 Å². The molecule has 1 aliphatic heterocycles. The molecule has 0 amide bonds. The normalized spacial score (nSPS) is 14.6. The lowest BCUT2D eigenvalue weighted by molar-refractivity contribution is -0.486. The maximum atomic E-state index is 9.33. The van der Waals surface area contributed by atoms with Gasteiger partial charge >= 0.3 is 16.3 Å². The van der Waals surface area contributed by atoms with Crippen molar-refractivity contribution in [3.8, 4) is 0 Å². The molecule has 0 fully saturated rings. The first-order chi connectivity index (χ1) is 9.92. The van der Waals surface area contributed by atoms with Crippen LogP contribution in [0.5, 0.6) is 0 Å². The van der Waals surface area contributed by atoms with Gasteiger partial charge in [-0.25, -0.2) is 0 Å². The number of ether oxygens (including phenoxy) is 1. The summed E-state index contributed by atoms with van der Waals surface area (Å²) >= 11 is 0. The van der Waals surface area contributed by atoms with Crippen molar-refractivity contribution in [3.63, 3.8) is 0 Å². The number of nitrogens with zero attached hydrogens (tertiary/aromatic N) is 1. The highest BCUT2D eigenvalue weighted by Gasteiger charge is 2.16. The van der Waals surface area contributed by atoms with Gasteiger partial charge in [0.2, 0.25) is 0 Å². The summed E-state index contributed by atoms with van der Waals surface area (Å²) in [5.41, 5.74) is 1.08. The highest BCUT2D eigenvalue weighted by Crippen LogP contribution is 2.04. The summed E-state index contributed by atoms with van der Waals surface area (Å²) in [5, 5.41) is 3.18. The summed E-state index contributed by atoms with van der Waals surface area (Å²) in [6, 6.07) is 10.0. The summed E-state index contributed by atoms with van der Waals surface area (Å²) < 4.78 is 37.2. The zero-order valence-corrected chi connectivity index (χ0v) is 12.7. The van der Waals surface area contributed by atoms with Crippen molar-refractivity contribution in [3.05, 3.63) is 42.6 Å². The molecular weight excluding hydrogens is 296 g/mol. The number of benzene rings is 1. The van der Waals surface area contributed by atoms with E-state index in [1.165, 1.54) is 0 Å². The Morgan fingerprint density at radius 1 is 1.38 bits per heavy atom. The van der Waals surface area contributed by atoms with Crippen LogP contribution < -0.4 is 5.32 Å². The van der Waals surface area contributed by atoms with Gasteiger partial charge in [-0.2, -0.15) is 13.0 Å². The minimum absolute atomic E-state index is 0.779. The molecule has 0 unspecified atom stereocenters. The van der Waals surface area contributed by atoms with E-state index in [1.807, 2.05) is 49.7 Å². The van der Waals surface area contributed by atoms with Crippen LogP contribution in [-0.2, 0) is 19.3 Å². The standard InChI is InChI=1S/C12H14N2O.CH4O4S/c1-14-9-10-15-12(14)7-8-13-11-5-3-2-4-6-11;1-5-6(2,3)4/h2-8H,9-10H2,1H3;1H3,(H,2,3,4)/p+1. The van der Waals surface area contributed by atoms with E-state index < -0.39 is 10.4 Å². The second-order valence-electron chi connectivity index (χ2n) is 4.05. The molecule has 0 spiro atoms. The molecule has 7 nitrogen and oxygen atoms in total. The first kappa shape index (κ1) is 17.2. The van der Waals surface area contributed by atoms with Crippen LogP contribution in [-0.4, -0.2) is 50.8 Å². The molecule has 0 aliphatic carbocycles. The third-order valence-corrected chi connectivity index (χ3v) is 2.93. The van der Waals surface area contributed by atoms with Crippen LogP contribution in [0.1, 0.15) is 0 Å². The van der Waals surface area contributed by atoms with E-state index in [1.54, 1.807) is 0 Å². The minimum Gasteiger partial charge on any atom is -0.438 e. The van der Waals surface area contributed by atoms with Gasteiger partial charge in [-0.1, -0.05) is 18.2 Å². The van der Waals surface area contributed by atoms with Crippen LogP contribution in [0.4, 0.5) is 5.69 Å². The summed E-state index contributed by atoms with van der Waals surface area (Å²) in [6.45, 7) is 1.74. The smallest absolute Gasteiger partial charge is 0.397 e. The Hall–Kier alpha value is -1.90. The highest BCUT2D eigenvalue weighted by atomic mass is 32.3. The first-order valence-corrected chi connectivity index (χ1v) is 7.51. The summed E-state index contributed by atoms with van der Waals surface area (Å²) in [5.74, 6) is 0.915. The number of rotatable bonds is 4. The van der Waals surface area contributed by atoms with Gasteiger partial charge in [0.25, 0.3) is 0 Å². The van der Waals surface area contributed by atoms with Crippen LogP contribution >= 0.6 is 0 Å². The van der Waals surface area contributed by atoms with E-state index in [-0.39, 0.29) is 0 Å². The minimum atomic E-state index is -4.16. The molecule has 0 aromatic heterocycles. The van der Waals surface area contributed by atoms with E-state index >= 15 is 0 Å². The molecule has 0 radical (unpaired) electrons. The molecule has 0 saturated carbocycles. The van der Waals surface area contributed by atoms with E-state index in [9.17, 15) is 8.42 Å². The van der Waals surface area contributed by atoms with Gasteiger partial charge in [-0.3, -0.25) is 8.74 Å². The van der Waals surface area contributed by atoms with Crippen molar-refractivity contribution in [1.29, 1.82) is 0 Å². The Kier molecular flexibility index (Phi) is 6.86. The molecule has 2 N–H and O–H groups in total. The Morgan fingerprint density at radius 3 is 2.48 bits per heavy atom. The van der Waals surface area contributed by atoms with Crippen molar-refractivity contribution in [2.75, 3.05) is 32.6 Å². The third kappa shape index (κ3) is 7.45. The van der Waals surface area contributed by atoms with Gasteiger partial charge in [0, 0.05) is 11.9 Å². The quantitative estimate of drug-likeness (QED) is 0.639. The van der Waals surface area contributed by atoms with Crippen molar-refractivity contribution in [2.45, 2.75) is 0 Å². The number of nitrogens with one attached hydrogen (secondary N) is 1. The summed E-state index contributed by atoms with van der Waals surface area (Å²) in [4.78, 5) is 0. The summed E-state index contributed by atoms with van der Waals surface area (Å²) in [6.07, 6.45) is 3.84. The van der Waals surface area contributed by atoms with Gasteiger partial charge in [0.05, 0.1) is 13.2 Å². The molecule has 1 aromatic carbocycles. The highest BCUT2D eigenvalue weighted by molar-refractivity contribution is 7.80. The number of para-hydroxylation sites is 1. The average molecular weight is 315 g/mol. The monoisotopic (exact) mass is 315 g/mol. The maximum absolute atomic E-state index is 9.33. The molecule has 2 rings (SSSR count). The van der Waals surface area contributed by atoms with Gasteiger partial charge < -0.3 is 10.1 Å². The predicted molar refractivity (Wildman–Crippen MR) is 79.8 cm³/mol. The van der Waals surface area contributed by atoms with Crippen molar-refractivity contribution in [2.24, 2.45) is 0 Å². The zero-order chi connectivity index (χ0) is 15.7. The molecular formula is C13H19N2O5S+. The Bertz CT molecular complexity index is 596. The number of hydrogen-bond donors (Lipinski definition) is 2. The van der Waals surface area contributed by atoms with E-state index in [2.05, 4.69) is 14.1 Å². The molecule has 1 aliphatic rings. The lowest BCUT2D eigenvalue weighted by Gasteiger charge is -1.97. The van der Waals surface area contributed by atoms with E-state index in [0.717, 1.165) is 31.8 Å². The Morgan fingerprint density at radius 2 is 2.00 bits per heavy atom. The lowest BCUT2D eigenvalue weighted by Crippen LogP contribution is -2.08. The Balaban J connectivity index is 0.000000315. The third-order valence-electron chi connectivity index (χ3n) is 2.51. The van der Waals surface area contributed by atoms with Crippen LogP contribution in [0.2, 0.25) is 0 Å². The van der Waals surface area contributed by atoms with Crippen LogP contribution in [0.25, 0.3) is 0 Å². The van der Waals surface area contributed by atoms with Crippen LogP contribution in [0.15, 0.2) is 42.6 Å². The van der Waals surface area contributed by atoms with Crippen molar-refractivity contribution < 1.29 is 26.5 Å². The van der Waals surface area contributed by atoms with Crippen LogP contribution in [0.3, 0.4) is 0 Å². The van der Waals surface area contributed by atoms with Crippen molar-refractivity contribution in [1.82, 2.24) is 0 Å². The van der Waals surface area contributed by atoms with Crippen LogP contribution in [0, 0.1) is 0 Å². The Labute approximate surface area is 124 Å². The number of hydrogen-bond acceptors (Lipinski definition) is 5. The molecule has 116 valence electrons. The van der Waals surface area contributed by atoms with E-state index in [4.69, 9.17) is 9.29 Å². The first-order valence-electron chi connectivity index (χ1n) is 6.14. The molecule has 0 bridgehead atoms. The van der Waals surface area contributed by atoms with Gasteiger partial charge in [0.1, 0.15) is 7.05 Å². The fourth-order valence-electron chi connectivity index (χ4n) is 1.43. The predicted octanol–water partition coefficient (Wildman–Crippen LogP) is 1.12. The maximum Gasteiger partial charge on any atom is 0.397 e. The van der Waals surface area contributed by atoms with Gasteiger partial charge in [-0.05, 0) is 12.1 Å². The molecule has 8 heteroatoms. The van der Waals surface area contributed by atoms with Gasteiger partial charge in [-0.15, -0.1) is 0 Å². The summed E-state index contributed by atoms with van der Waals surface area (Å²) in [7, 11) is -1.27. The second-order valence-corrected chi connectivity index (χ2v) is 5.24. The number of anilines is 1. The van der Waals surface area contributed by atoms with Gasteiger partial charge in [0.15, 0.2) is 13.2 Å². The molecule has 0 atom stereocenters. The fourth-order valence-corrected chi connectivity index (χ4v) is 1.43. The SMILES string of the molecule is COS(=O)(=O)O.C[N+]1=C(/C=C\Nc2ccccc2)OCC1.